The van der Waals surface area contributed by atoms with Crippen LogP contribution in [-0.4, -0.2) is 25.2 Å². The van der Waals surface area contributed by atoms with E-state index in [2.05, 4.69) is 10.6 Å². The molecule has 2 rings (SSSR count). The Bertz CT molecular complexity index is 659. The summed E-state index contributed by atoms with van der Waals surface area (Å²) >= 11 is 0. The number of amides is 2. The minimum absolute atomic E-state index is 0.310. The Balaban J connectivity index is 2.00. The molecule has 6 heteroatoms. The van der Waals surface area contributed by atoms with Gasteiger partial charge in [0.05, 0.1) is 7.11 Å². The molecule has 2 aromatic rings. The van der Waals surface area contributed by atoms with Gasteiger partial charge in [-0.2, -0.15) is 0 Å². The van der Waals surface area contributed by atoms with Crippen LogP contribution in [0.2, 0.25) is 0 Å². The monoisotopic (exact) mass is 316 g/mol. The first-order valence-corrected chi connectivity index (χ1v) is 7.03. The van der Waals surface area contributed by atoms with Gasteiger partial charge in [0, 0.05) is 12.1 Å². The Hall–Kier alpha value is -2.89. The van der Waals surface area contributed by atoms with E-state index >= 15 is 0 Å². The van der Waals surface area contributed by atoms with Crippen molar-refractivity contribution in [1.29, 1.82) is 0 Å². The maximum atomic E-state index is 12.8. The van der Waals surface area contributed by atoms with Crippen molar-refractivity contribution in [2.45, 2.75) is 12.5 Å². The third-order valence-electron chi connectivity index (χ3n) is 3.18. The SMILES string of the molecule is COC(=O)C(Cc1ccccc1)NC(=O)Nc1ccc(F)cc1. The number of carbonyl (C=O) groups is 2. The summed E-state index contributed by atoms with van der Waals surface area (Å²) in [5.41, 5.74) is 1.32. The van der Waals surface area contributed by atoms with Gasteiger partial charge in [0.25, 0.3) is 0 Å². The topological polar surface area (TPSA) is 67.4 Å². The molecule has 1 unspecified atom stereocenters. The van der Waals surface area contributed by atoms with Crippen molar-refractivity contribution in [1.82, 2.24) is 5.32 Å². The number of esters is 1. The van der Waals surface area contributed by atoms with E-state index in [1.807, 2.05) is 30.3 Å². The fraction of sp³-hybridized carbons (Fsp3) is 0.176. The zero-order valence-electron chi connectivity index (χ0n) is 12.6. The molecule has 2 N–H and O–H groups in total. The van der Waals surface area contributed by atoms with Crippen molar-refractivity contribution in [3.8, 4) is 0 Å². The maximum absolute atomic E-state index is 12.8. The number of benzene rings is 2. The van der Waals surface area contributed by atoms with Crippen LogP contribution in [0.3, 0.4) is 0 Å². The highest BCUT2D eigenvalue weighted by atomic mass is 19.1. The molecule has 0 aliphatic carbocycles. The fourth-order valence-corrected chi connectivity index (χ4v) is 2.04. The van der Waals surface area contributed by atoms with E-state index in [1.54, 1.807) is 0 Å². The molecule has 23 heavy (non-hydrogen) atoms. The highest BCUT2D eigenvalue weighted by molar-refractivity contribution is 5.92. The summed E-state index contributed by atoms with van der Waals surface area (Å²) in [5.74, 6) is -0.935. The number of halogens is 1. The number of methoxy groups -OCH3 is 1. The molecule has 2 amide bonds. The molecule has 2 aromatic carbocycles. The zero-order valence-corrected chi connectivity index (χ0v) is 12.6. The van der Waals surface area contributed by atoms with Gasteiger partial charge in [0.2, 0.25) is 0 Å². The van der Waals surface area contributed by atoms with Gasteiger partial charge in [-0.1, -0.05) is 30.3 Å². The van der Waals surface area contributed by atoms with Gasteiger partial charge in [-0.3, -0.25) is 0 Å². The third-order valence-corrected chi connectivity index (χ3v) is 3.18. The average Bonchev–Trinajstić information content (AvgIpc) is 2.56. The van der Waals surface area contributed by atoms with Gasteiger partial charge in [-0.05, 0) is 29.8 Å². The standard InChI is InChI=1S/C17H17FN2O3/c1-23-16(21)15(11-12-5-3-2-4-6-12)20-17(22)19-14-9-7-13(18)8-10-14/h2-10,15H,11H2,1H3,(H2,19,20,22). The lowest BCUT2D eigenvalue weighted by Gasteiger charge is -2.17. The van der Waals surface area contributed by atoms with Gasteiger partial charge in [0.1, 0.15) is 11.9 Å². The number of urea groups is 1. The Morgan fingerprint density at radius 1 is 1.09 bits per heavy atom. The van der Waals surface area contributed by atoms with Crippen molar-refractivity contribution < 1.29 is 18.7 Å². The molecule has 5 nitrogen and oxygen atoms in total. The van der Waals surface area contributed by atoms with Crippen LogP contribution in [0.5, 0.6) is 0 Å². The van der Waals surface area contributed by atoms with E-state index in [4.69, 9.17) is 4.74 Å². The number of ether oxygens (including phenoxy) is 1. The first kappa shape index (κ1) is 16.5. The second-order valence-corrected chi connectivity index (χ2v) is 4.87. The molecule has 0 spiro atoms. The molecule has 1 atom stereocenters. The summed E-state index contributed by atoms with van der Waals surface area (Å²) in [7, 11) is 1.26. The summed E-state index contributed by atoms with van der Waals surface area (Å²) in [6.45, 7) is 0. The van der Waals surface area contributed by atoms with Crippen molar-refractivity contribution in [2.75, 3.05) is 12.4 Å². The third kappa shape index (κ3) is 5.10. The number of anilines is 1. The van der Waals surface area contributed by atoms with Crippen LogP contribution >= 0.6 is 0 Å². The van der Waals surface area contributed by atoms with Crippen molar-refractivity contribution >= 4 is 17.7 Å². The second-order valence-electron chi connectivity index (χ2n) is 4.87. The predicted octanol–water partition coefficient (Wildman–Crippen LogP) is 2.73. The molecule has 0 saturated heterocycles. The highest BCUT2D eigenvalue weighted by Gasteiger charge is 2.21. The zero-order chi connectivity index (χ0) is 16.7. The van der Waals surface area contributed by atoms with E-state index in [0.29, 0.717) is 12.1 Å². The number of carbonyl (C=O) groups excluding carboxylic acids is 2. The Morgan fingerprint density at radius 2 is 1.74 bits per heavy atom. The van der Waals surface area contributed by atoms with Crippen LogP contribution in [0.25, 0.3) is 0 Å². The van der Waals surface area contributed by atoms with Gasteiger partial charge in [-0.15, -0.1) is 0 Å². The van der Waals surface area contributed by atoms with Crippen LogP contribution in [0.1, 0.15) is 5.56 Å². The van der Waals surface area contributed by atoms with Crippen LogP contribution in [0.4, 0.5) is 14.9 Å². The van der Waals surface area contributed by atoms with Crippen LogP contribution in [0, 0.1) is 5.82 Å². The number of nitrogens with one attached hydrogen (secondary N) is 2. The summed E-state index contributed by atoms with van der Waals surface area (Å²) in [5, 5.41) is 5.10. The predicted molar refractivity (Wildman–Crippen MR) is 84.5 cm³/mol. The van der Waals surface area contributed by atoms with Crippen LogP contribution in [0.15, 0.2) is 54.6 Å². The Kier molecular flexibility index (Phi) is 5.68. The normalized spacial score (nSPS) is 11.4. The lowest BCUT2D eigenvalue weighted by atomic mass is 10.1. The molecule has 0 saturated carbocycles. The van der Waals surface area contributed by atoms with Crippen molar-refractivity contribution in [2.24, 2.45) is 0 Å². The molecule has 120 valence electrons. The molecular weight excluding hydrogens is 299 g/mol. The Labute approximate surface area is 133 Å². The molecular formula is C17H17FN2O3. The lowest BCUT2D eigenvalue weighted by Crippen LogP contribution is -2.45. The van der Waals surface area contributed by atoms with Crippen molar-refractivity contribution in [3.05, 3.63) is 66.0 Å². The summed E-state index contributed by atoms with van der Waals surface area (Å²) < 4.78 is 17.6. The quantitative estimate of drug-likeness (QED) is 0.834. The van der Waals surface area contributed by atoms with E-state index in [0.717, 1.165) is 5.56 Å². The summed E-state index contributed by atoms with van der Waals surface area (Å²) in [4.78, 5) is 23.8. The minimum Gasteiger partial charge on any atom is -0.467 e. The van der Waals surface area contributed by atoms with Crippen LogP contribution in [-0.2, 0) is 16.0 Å². The average molecular weight is 316 g/mol. The maximum Gasteiger partial charge on any atom is 0.328 e. The van der Waals surface area contributed by atoms with E-state index in [-0.39, 0.29) is 0 Å². The molecule has 0 radical (unpaired) electrons. The Morgan fingerprint density at radius 3 is 2.35 bits per heavy atom. The molecule has 0 bridgehead atoms. The van der Waals surface area contributed by atoms with Gasteiger partial charge < -0.3 is 15.4 Å². The highest BCUT2D eigenvalue weighted by Crippen LogP contribution is 2.09. The smallest absolute Gasteiger partial charge is 0.328 e. The van der Waals surface area contributed by atoms with E-state index in [9.17, 15) is 14.0 Å². The number of rotatable bonds is 5. The first-order valence-electron chi connectivity index (χ1n) is 7.03. The largest absolute Gasteiger partial charge is 0.467 e. The minimum atomic E-state index is -0.817. The molecule has 0 fully saturated rings. The molecule has 0 aromatic heterocycles. The first-order chi connectivity index (χ1) is 11.1. The van der Waals surface area contributed by atoms with Crippen molar-refractivity contribution in [3.63, 3.8) is 0 Å². The van der Waals surface area contributed by atoms with E-state index in [1.165, 1.54) is 31.4 Å². The summed E-state index contributed by atoms with van der Waals surface area (Å²) in [6, 6.07) is 13.2. The number of hydrogen-bond acceptors (Lipinski definition) is 3. The lowest BCUT2D eigenvalue weighted by molar-refractivity contribution is -0.142. The molecule has 0 aliphatic heterocycles. The second kappa shape index (κ2) is 7.93. The summed E-state index contributed by atoms with van der Waals surface area (Å²) in [6.07, 6.45) is 0.310. The van der Waals surface area contributed by atoms with Gasteiger partial charge >= 0.3 is 12.0 Å². The molecule has 0 aliphatic rings. The molecule has 0 heterocycles. The number of hydrogen-bond donors (Lipinski definition) is 2. The fourth-order valence-electron chi connectivity index (χ4n) is 2.04. The van der Waals surface area contributed by atoms with Crippen LogP contribution < -0.4 is 10.6 Å². The van der Waals surface area contributed by atoms with Gasteiger partial charge in [0.15, 0.2) is 0 Å². The van der Waals surface area contributed by atoms with E-state index < -0.39 is 23.9 Å². The van der Waals surface area contributed by atoms with Gasteiger partial charge in [-0.25, -0.2) is 14.0 Å².